The first-order valence-electron chi connectivity index (χ1n) is 10.4. The Labute approximate surface area is 162 Å². The summed E-state index contributed by atoms with van der Waals surface area (Å²) < 4.78 is 6.02. The van der Waals surface area contributed by atoms with Gasteiger partial charge in [-0.15, -0.1) is 0 Å². The second-order valence-electron chi connectivity index (χ2n) is 7.12. The van der Waals surface area contributed by atoms with Gasteiger partial charge < -0.3 is 20.4 Å². The van der Waals surface area contributed by atoms with E-state index in [1.807, 2.05) is 18.2 Å². The monoisotopic (exact) mass is 371 g/mol. The lowest BCUT2D eigenvalue weighted by atomic mass is 10.1. The van der Waals surface area contributed by atoms with E-state index < -0.39 is 0 Å². The molecule has 0 amide bonds. The molecular weight excluding hydrogens is 338 g/mol. The molecule has 27 heavy (non-hydrogen) atoms. The minimum absolute atomic E-state index is 0.436. The summed E-state index contributed by atoms with van der Waals surface area (Å²) in [6.07, 6.45) is 9.01. The quantitative estimate of drug-likeness (QED) is 0.288. The van der Waals surface area contributed by atoms with Crippen LogP contribution in [0.1, 0.15) is 51.3 Å². The number of imidazole rings is 1. The summed E-state index contributed by atoms with van der Waals surface area (Å²) in [6, 6.07) is 8.12. The number of H-pyrrole nitrogens is 1. The Morgan fingerprint density at radius 2 is 2.00 bits per heavy atom. The van der Waals surface area contributed by atoms with Crippen LogP contribution in [0.2, 0.25) is 0 Å². The fourth-order valence-electron chi connectivity index (χ4n) is 3.55. The van der Waals surface area contributed by atoms with Crippen molar-refractivity contribution in [3.63, 3.8) is 0 Å². The van der Waals surface area contributed by atoms with Gasteiger partial charge in [-0.2, -0.15) is 0 Å². The number of hydrogen-bond donors (Lipinski definition) is 3. The lowest BCUT2D eigenvalue weighted by Gasteiger charge is -2.15. The van der Waals surface area contributed by atoms with Gasteiger partial charge in [-0.1, -0.05) is 37.8 Å². The van der Waals surface area contributed by atoms with Gasteiger partial charge in [0.25, 0.3) is 0 Å². The van der Waals surface area contributed by atoms with E-state index in [4.69, 9.17) is 4.74 Å². The fourth-order valence-corrected chi connectivity index (χ4v) is 3.55. The molecule has 1 aromatic heterocycles. The Hall–Kier alpha value is -2.08. The summed E-state index contributed by atoms with van der Waals surface area (Å²) in [4.78, 5) is 12.6. The highest BCUT2D eigenvalue weighted by atomic mass is 16.5. The first-order valence-corrected chi connectivity index (χ1v) is 10.4. The molecule has 0 unspecified atom stereocenters. The van der Waals surface area contributed by atoms with Crippen LogP contribution in [0.3, 0.4) is 0 Å². The number of aromatic nitrogens is 2. The van der Waals surface area contributed by atoms with E-state index in [2.05, 4.69) is 38.6 Å². The Bertz CT molecular complexity index is 670. The number of para-hydroxylation sites is 2. The summed E-state index contributed by atoms with van der Waals surface area (Å²) >= 11 is 0. The molecule has 1 aliphatic carbocycles. The first kappa shape index (κ1) is 19.7. The Morgan fingerprint density at radius 3 is 2.78 bits per heavy atom. The average Bonchev–Trinajstić information content (AvgIpc) is 2.91. The van der Waals surface area contributed by atoms with Gasteiger partial charge in [0.2, 0.25) is 0 Å². The van der Waals surface area contributed by atoms with Crippen LogP contribution in [-0.2, 0) is 11.2 Å². The van der Waals surface area contributed by atoms with Crippen LogP contribution in [0, 0.1) is 0 Å². The van der Waals surface area contributed by atoms with Gasteiger partial charge >= 0.3 is 0 Å². The maximum atomic E-state index is 6.02. The van der Waals surface area contributed by atoms with Crippen LogP contribution in [0.4, 0.5) is 0 Å². The summed E-state index contributed by atoms with van der Waals surface area (Å²) in [6.45, 7) is 5.11. The molecule has 0 radical (unpaired) electrons. The lowest BCUT2D eigenvalue weighted by Crippen LogP contribution is -2.38. The highest BCUT2D eigenvalue weighted by Gasteiger charge is 2.12. The number of hydrogen-bond acceptors (Lipinski definition) is 3. The number of ether oxygens (including phenoxy) is 1. The van der Waals surface area contributed by atoms with E-state index in [0.29, 0.717) is 19.3 Å². The lowest BCUT2D eigenvalue weighted by molar-refractivity contribution is 0.0487. The zero-order chi connectivity index (χ0) is 18.7. The third-order valence-corrected chi connectivity index (χ3v) is 4.95. The van der Waals surface area contributed by atoms with Crippen LogP contribution in [0.25, 0.3) is 11.0 Å². The van der Waals surface area contributed by atoms with Crippen molar-refractivity contribution in [1.82, 2.24) is 20.6 Å². The van der Waals surface area contributed by atoms with Gasteiger partial charge in [0.05, 0.1) is 30.3 Å². The first-order chi connectivity index (χ1) is 13.3. The zero-order valence-electron chi connectivity index (χ0n) is 16.5. The molecule has 1 heterocycles. The van der Waals surface area contributed by atoms with Gasteiger partial charge in [0.1, 0.15) is 5.82 Å². The van der Waals surface area contributed by atoms with Gasteiger partial charge in [-0.05, 0) is 31.9 Å². The normalized spacial score (nSPS) is 16.4. The smallest absolute Gasteiger partial charge is 0.191 e. The molecule has 0 atom stereocenters. The third kappa shape index (κ3) is 6.54. The van der Waals surface area contributed by atoms with E-state index in [-0.39, 0.29) is 0 Å². The van der Waals surface area contributed by atoms with E-state index in [0.717, 1.165) is 42.3 Å². The number of fused-ring (bicyclic) bond motifs is 1. The molecule has 1 fully saturated rings. The van der Waals surface area contributed by atoms with Crippen molar-refractivity contribution in [2.24, 2.45) is 4.99 Å². The second kappa shape index (κ2) is 10.9. The number of aromatic amines is 1. The van der Waals surface area contributed by atoms with Crippen molar-refractivity contribution in [2.45, 2.75) is 58.0 Å². The van der Waals surface area contributed by atoms with Gasteiger partial charge in [0, 0.05) is 19.5 Å². The van der Waals surface area contributed by atoms with Crippen molar-refractivity contribution in [3.8, 4) is 0 Å². The molecular formula is C21H33N5O. The third-order valence-electron chi connectivity index (χ3n) is 4.95. The molecule has 6 nitrogen and oxygen atoms in total. The van der Waals surface area contributed by atoms with Crippen LogP contribution < -0.4 is 10.6 Å². The van der Waals surface area contributed by atoms with E-state index in [1.165, 1.54) is 38.5 Å². The van der Waals surface area contributed by atoms with Crippen LogP contribution >= 0.6 is 0 Å². The molecule has 1 saturated carbocycles. The number of nitrogens with one attached hydrogen (secondary N) is 3. The van der Waals surface area contributed by atoms with Crippen LogP contribution in [-0.4, -0.2) is 48.3 Å². The fraction of sp³-hybridized carbons (Fsp3) is 0.619. The van der Waals surface area contributed by atoms with Crippen molar-refractivity contribution in [2.75, 3.05) is 26.2 Å². The number of rotatable bonds is 8. The number of guanidine groups is 1. The summed E-state index contributed by atoms with van der Waals surface area (Å²) in [5, 5.41) is 6.68. The second-order valence-corrected chi connectivity index (χ2v) is 7.12. The minimum Gasteiger partial charge on any atom is -0.376 e. The highest BCUT2D eigenvalue weighted by Crippen LogP contribution is 2.19. The molecule has 1 aromatic carbocycles. The van der Waals surface area contributed by atoms with Gasteiger partial charge in [0.15, 0.2) is 5.96 Å². The average molecular weight is 372 g/mol. The molecule has 0 saturated heterocycles. The summed E-state index contributed by atoms with van der Waals surface area (Å²) in [5.41, 5.74) is 2.10. The molecule has 148 valence electrons. The molecule has 3 rings (SSSR count). The largest absolute Gasteiger partial charge is 0.376 e. The summed E-state index contributed by atoms with van der Waals surface area (Å²) in [7, 11) is 0. The molecule has 0 bridgehead atoms. The van der Waals surface area contributed by atoms with E-state index in [9.17, 15) is 0 Å². The standard InChI is InChI=1S/C21H33N5O/c1-2-22-21(24-15-16-27-17-9-5-3-4-6-10-17)23-14-13-20-25-18-11-7-8-12-19(18)26-20/h7-8,11-12,17H,2-6,9-10,13-16H2,1H3,(H,25,26)(H2,22,23,24). The zero-order valence-corrected chi connectivity index (χ0v) is 16.5. The Kier molecular flexibility index (Phi) is 7.96. The maximum absolute atomic E-state index is 6.02. The molecule has 0 spiro atoms. The van der Waals surface area contributed by atoms with Crippen molar-refractivity contribution in [3.05, 3.63) is 30.1 Å². The molecule has 0 aliphatic heterocycles. The highest BCUT2D eigenvalue weighted by molar-refractivity contribution is 5.79. The maximum Gasteiger partial charge on any atom is 0.191 e. The SMILES string of the molecule is CCNC(=NCCOC1CCCCCC1)NCCc1nc2ccccc2[nH]1. The predicted octanol–water partition coefficient (Wildman–Crippen LogP) is 3.40. The Balaban J connectivity index is 1.40. The number of aliphatic imine (C=N–C) groups is 1. The molecule has 6 heteroatoms. The van der Waals surface area contributed by atoms with Crippen LogP contribution in [0.15, 0.2) is 29.3 Å². The number of benzene rings is 1. The minimum atomic E-state index is 0.436. The summed E-state index contributed by atoms with van der Waals surface area (Å²) in [5.74, 6) is 1.84. The Morgan fingerprint density at radius 1 is 1.19 bits per heavy atom. The van der Waals surface area contributed by atoms with Gasteiger partial charge in [-0.25, -0.2) is 4.98 Å². The predicted molar refractivity (Wildman–Crippen MR) is 111 cm³/mol. The van der Waals surface area contributed by atoms with Crippen molar-refractivity contribution in [1.29, 1.82) is 0 Å². The van der Waals surface area contributed by atoms with Crippen molar-refractivity contribution >= 4 is 17.0 Å². The topological polar surface area (TPSA) is 74.3 Å². The van der Waals surface area contributed by atoms with E-state index in [1.54, 1.807) is 0 Å². The molecule has 3 N–H and O–H groups in total. The van der Waals surface area contributed by atoms with Crippen LogP contribution in [0.5, 0.6) is 0 Å². The molecule has 1 aliphatic rings. The number of nitrogens with zero attached hydrogens (tertiary/aromatic N) is 2. The molecule has 2 aromatic rings. The van der Waals surface area contributed by atoms with Crippen molar-refractivity contribution < 1.29 is 4.74 Å². The van der Waals surface area contributed by atoms with Gasteiger partial charge in [-0.3, -0.25) is 4.99 Å². The van der Waals surface area contributed by atoms with E-state index >= 15 is 0 Å².